The van der Waals surface area contributed by atoms with Crippen molar-refractivity contribution in [1.82, 2.24) is 0 Å². The monoisotopic (exact) mass is 240 g/mol. The van der Waals surface area contributed by atoms with Crippen molar-refractivity contribution >= 4 is 11.4 Å². The fourth-order valence-electron chi connectivity index (χ4n) is 1.74. The molecule has 3 rings (SSSR count). The van der Waals surface area contributed by atoms with Gasteiger partial charge in [-0.3, -0.25) is 0 Å². The number of fused-ring (bicyclic) bond motifs is 2. The summed E-state index contributed by atoms with van der Waals surface area (Å²) in [4.78, 5) is 0. The lowest BCUT2D eigenvalue weighted by Gasteiger charge is -2.07. The number of nitrogens with zero attached hydrogens (tertiary/aromatic N) is 2. The van der Waals surface area contributed by atoms with Crippen molar-refractivity contribution in [2.45, 2.75) is 6.92 Å². The van der Waals surface area contributed by atoms with Crippen LogP contribution in [0.2, 0.25) is 0 Å². The molecule has 0 N–H and O–H groups in total. The van der Waals surface area contributed by atoms with Gasteiger partial charge in [0, 0.05) is 0 Å². The lowest BCUT2D eigenvalue weighted by Crippen LogP contribution is -1.91. The number of rotatable bonds is 4. The quantitative estimate of drug-likeness (QED) is 0.668. The van der Waals surface area contributed by atoms with Crippen LogP contribution in [0.3, 0.4) is 0 Å². The normalized spacial score (nSPS) is 11.6. The van der Waals surface area contributed by atoms with E-state index in [9.17, 15) is 0 Å². The van der Waals surface area contributed by atoms with Crippen LogP contribution in [0, 0.1) is 0 Å². The van der Waals surface area contributed by atoms with E-state index < -0.39 is 0 Å². The zero-order valence-corrected chi connectivity index (χ0v) is 9.96. The molecule has 0 fully saturated rings. The van der Waals surface area contributed by atoms with Gasteiger partial charge in [-0.25, -0.2) is 0 Å². The molecule has 0 unspecified atom stereocenters. The highest BCUT2D eigenvalue weighted by Gasteiger charge is 2.10. The van der Waals surface area contributed by atoms with Crippen molar-refractivity contribution in [2.75, 3.05) is 6.61 Å². The molecule has 0 saturated carbocycles. The molecule has 90 valence electrons. The molecule has 4 heteroatoms. The van der Waals surface area contributed by atoms with Crippen molar-refractivity contribution in [1.29, 1.82) is 0 Å². The standard InChI is InChI=1S/C14H12N2O2/c1-2-17-11-4-6-12(7-5-11)18-14-8-3-10-9-13(14)16-15-10/h3-9H,2H2,1H3. The van der Waals surface area contributed by atoms with Crippen molar-refractivity contribution in [3.63, 3.8) is 0 Å². The number of hydrogen-bond donors (Lipinski definition) is 0. The van der Waals surface area contributed by atoms with Crippen molar-refractivity contribution < 1.29 is 9.47 Å². The van der Waals surface area contributed by atoms with Gasteiger partial charge in [-0.15, -0.1) is 5.11 Å². The molecule has 0 radical (unpaired) electrons. The minimum atomic E-state index is 0.659. The van der Waals surface area contributed by atoms with Crippen molar-refractivity contribution in [3.05, 3.63) is 42.5 Å². The molecule has 0 spiro atoms. The molecule has 4 nitrogen and oxygen atoms in total. The molecule has 0 aliphatic carbocycles. The van der Waals surface area contributed by atoms with Crippen LogP contribution in [0.4, 0.5) is 11.4 Å². The fraction of sp³-hybridized carbons (Fsp3) is 0.143. The minimum Gasteiger partial charge on any atom is -0.494 e. The Bertz CT molecular complexity index is 591. The molecule has 0 saturated heterocycles. The van der Waals surface area contributed by atoms with E-state index >= 15 is 0 Å². The van der Waals surface area contributed by atoms with Crippen LogP contribution in [0.25, 0.3) is 0 Å². The molecule has 18 heavy (non-hydrogen) atoms. The summed E-state index contributed by atoms with van der Waals surface area (Å²) in [6.45, 7) is 2.62. The maximum Gasteiger partial charge on any atom is 0.155 e. The van der Waals surface area contributed by atoms with Crippen LogP contribution >= 0.6 is 0 Å². The molecule has 1 aliphatic heterocycles. The number of benzene rings is 2. The summed E-state index contributed by atoms with van der Waals surface area (Å²) in [5.41, 5.74) is 1.63. The highest BCUT2D eigenvalue weighted by Crippen LogP contribution is 2.40. The Morgan fingerprint density at radius 3 is 2.50 bits per heavy atom. The number of ether oxygens (including phenoxy) is 2. The van der Waals surface area contributed by atoms with Gasteiger partial charge in [0.25, 0.3) is 0 Å². The van der Waals surface area contributed by atoms with Crippen LogP contribution in [0.1, 0.15) is 6.92 Å². The second-order valence-electron chi connectivity index (χ2n) is 3.86. The van der Waals surface area contributed by atoms with Gasteiger partial charge in [-0.2, -0.15) is 5.11 Å². The molecule has 0 atom stereocenters. The molecular formula is C14H12N2O2. The van der Waals surface area contributed by atoms with E-state index in [4.69, 9.17) is 9.47 Å². The lowest BCUT2D eigenvalue weighted by molar-refractivity contribution is 0.339. The first-order chi connectivity index (χ1) is 8.85. The highest BCUT2D eigenvalue weighted by molar-refractivity contribution is 5.63. The molecule has 1 aliphatic rings. The van der Waals surface area contributed by atoms with E-state index in [1.807, 2.05) is 49.4 Å². The Morgan fingerprint density at radius 1 is 0.944 bits per heavy atom. The average Bonchev–Trinajstić information content (AvgIpc) is 2.78. The van der Waals surface area contributed by atoms with Crippen molar-refractivity contribution in [3.8, 4) is 17.2 Å². The topological polar surface area (TPSA) is 43.2 Å². The van der Waals surface area contributed by atoms with E-state index in [1.165, 1.54) is 0 Å². The third-order valence-corrected chi connectivity index (χ3v) is 2.58. The average molecular weight is 240 g/mol. The molecule has 1 heterocycles. The molecule has 0 aromatic heterocycles. The molecule has 2 aromatic rings. The summed E-state index contributed by atoms with van der Waals surface area (Å²) >= 11 is 0. The summed E-state index contributed by atoms with van der Waals surface area (Å²) < 4.78 is 11.1. The number of hydrogen-bond acceptors (Lipinski definition) is 4. The number of azo groups is 1. The van der Waals surface area contributed by atoms with Gasteiger partial charge in [0.05, 0.1) is 12.3 Å². The van der Waals surface area contributed by atoms with Gasteiger partial charge >= 0.3 is 0 Å². The first-order valence-electron chi connectivity index (χ1n) is 5.81. The molecule has 0 amide bonds. The zero-order valence-electron chi connectivity index (χ0n) is 9.96. The third kappa shape index (κ3) is 2.05. The van der Waals surface area contributed by atoms with E-state index in [0.29, 0.717) is 12.4 Å². The Kier molecular flexibility index (Phi) is 2.68. The maximum absolute atomic E-state index is 5.76. The lowest BCUT2D eigenvalue weighted by atomic mass is 10.2. The predicted molar refractivity (Wildman–Crippen MR) is 68.3 cm³/mol. The van der Waals surface area contributed by atoms with Gasteiger partial charge in [0.1, 0.15) is 17.2 Å². The van der Waals surface area contributed by atoms with Gasteiger partial charge in [0.2, 0.25) is 0 Å². The van der Waals surface area contributed by atoms with Gasteiger partial charge in [-0.05, 0) is 49.4 Å². The summed E-state index contributed by atoms with van der Waals surface area (Å²) in [7, 11) is 0. The predicted octanol–water partition coefficient (Wildman–Crippen LogP) is 4.61. The SMILES string of the molecule is CCOc1ccc(Oc2ccc3cc2N=N3)cc1. The molecule has 2 aromatic carbocycles. The summed E-state index contributed by atoms with van der Waals surface area (Å²) in [6, 6.07) is 13.2. The fourth-order valence-corrected chi connectivity index (χ4v) is 1.74. The maximum atomic E-state index is 5.76. The zero-order chi connectivity index (χ0) is 12.4. The highest BCUT2D eigenvalue weighted by atomic mass is 16.5. The summed E-state index contributed by atoms with van der Waals surface area (Å²) in [5, 5.41) is 7.99. The second kappa shape index (κ2) is 4.49. The Balaban J connectivity index is 1.79. The third-order valence-electron chi connectivity index (χ3n) is 2.58. The minimum absolute atomic E-state index is 0.659. The largest absolute Gasteiger partial charge is 0.494 e. The van der Waals surface area contributed by atoms with Gasteiger partial charge in [0.15, 0.2) is 5.75 Å². The summed E-state index contributed by atoms with van der Waals surface area (Å²) in [5.74, 6) is 2.30. The van der Waals surface area contributed by atoms with Crippen LogP contribution < -0.4 is 9.47 Å². The van der Waals surface area contributed by atoms with E-state index in [0.717, 1.165) is 22.9 Å². The Labute approximate surface area is 105 Å². The van der Waals surface area contributed by atoms with E-state index in [2.05, 4.69) is 10.2 Å². The van der Waals surface area contributed by atoms with E-state index in [1.54, 1.807) is 0 Å². The first-order valence-corrected chi connectivity index (χ1v) is 5.81. The van der Waals surface area contributed by atoms with E-state index in [-0.39, 0.29) is 0 Å². The van der Waals surface area contributed by atoms with Gasteiger partial charge < -0.3 is 9.47 Å². The molecular weight excluding hydrogens is 228 g/mol. The van der Waals surface area contributed by atoms with Crippen LogP contribution in [-0.2, 0) is 0 Å². The first kappa shape index (κ1) is 10.8. The Hall–Kier alpha value is -2.36. The van der Waals surface area contributed by atoms with Gasteiger partial charge in [-0.1, -0.05) is 0 Å². The molecule has 2 bridgehead atoms. The van der Waals surface area contributed by atoms with Crippen LogP contribution in [0.15, 0.2) is 52.7 Å². The Morgan fingerprint density at radius 2 is 1.72 bits per heavy atom. The van der Waals surface area contributed by atoms with Crippen molar-refractivity contribution in [2.24, 2.45) is 10.2 Å². The smallest absolute Gasteiger partial charge is 0.155 e. The summed E-state index contributed by atoms with van der Waals surface area (Å²) in [6.07, 6.45) is 0. The van der Waals surface area contributed by atoms with Crippen LogP contribution in [0.5, 0.6) is 17.2 Å². The second-order valence-corrected chi connectivity index (χ2v) is 3.86. The van der Waals surface area contributed by atoms with Crippen LogP contribution in [-0.4, -0.2) is 6.61 Å².